The molecule has 0 spiro atoms. The van der Waals surface area contributed by atoms with E-state index in [-0.39, 0.29) is 11.4 Å². The fourth-order valence-electron chi connectivity index (χ4n) is 1.38. The van der Waals surface area contributed by atoms with Gasteiger partial charge < -0.3 is 15.5 Å². The first-order valence-electron chi connectivity index (χ1n) is 6.04. The molecular formula is C12H18N2O5S. The molecule has 0 bridgehead atoms. The summed E-state index contributed by atoms with van der Waals surface area (Å²) in [7, 11) is -3.53. The molecule has 0 aliphatic carbocycles. The van der Waals surface area contributed by atoms with Crippen molar-refractivity contribution in [2.45, 2.75) is 25.0 Å². The van der Waals surface area contributed by atoms with E-state index in [1.54, 1.807) is 6.92 Å². The van der Waals surface area contributed by atoms with Gasteiger partial charge in [-0.3, -0.25) is 4.79 Å². The standard InChI is InChI=1S/C12H18N2O5S/c1-3-13-20(18,19)10-6-4-9(5-7-10)14-11(15)8(2)12(16)17/h4-8,12-13,16-17H,3H2,1-2H3,(H,14,15). The van der Waals surface area contributed by atoms with Gasteiger partial charge in [0, 0.05) is 12.2 Å². The van der Waals surface area contributed by atoms with Gasteiger partial charge in [0.1, 0.15) is 0 Å². The molecule has 0 fully saturated rings. The van der Waals surface area contributed by atoms with Crippen molar-refractivity contribution in [1.29, 1.82) is 0 Å². The fraction of sp³-hybridized carbons (Fsp3) is 0.417. The summed E-state index contributed by atoms with van der Waals surface area (Å²) in [4.78, 5) is 11.7. The molecule has 1 rings (SSSR count). The van der Waals surface area contributed by atoms with Gasteiger partial charge in [-0.2, -0.15) is 0 Å². The highest BCUT2D eigenvalue weighted by Crippen LogP contribution is 2.15. The Morgan fingerprint density at radius 3 is 2.25 bits per heavy atom. The largest absolute Gasteiger partial charge is 0.367 e. The normalized spacial score (nSPS) is 13.2. The van der Waals surface area contributed by atoms with Gasteiger partial charge in [0.15, 0.2) is 6.29 Å². The smallest absolute Gasteiger partial charge is 0.240 e. The molecule has 1 aromatic carbocycles. The molecular weight excluding hydrogens is 284 g/mol. The molecule has 0 saturated heterocycles. The van der Waals surface area contributed by atoms with Crippen molar-refractivity contribution in [2.75, 3.05) is 11.9 Å². The lowest BCUT2D eigenvalue weighted by Gasteiger charge is -2.14. The summed E-state index contributed by atoms with van der Waals surface area (Å²) >= 11 is 0. The zero-order chi connectivity index (χ0) is 15.3. The summed E-state index contributed by atoms with van der Waals surface area (Å²) in [5.74, 6) is -1.55. The Labute approximate surface area is 117 Å². The van der Waals surface area contributed by atoms with Crippen LogP contribution in [-0.4, -0.2) is 37.4 Å². The third-order valence-electron chi connectivity index (χ3n) is 2.63. The minimum Gasteiger partial charge on any atom is -0.367 e. The van der Waals surface area contributed by atoms with Crippen molar-refractivity contribution in [3.63, 3.8) is 0 Å². The quantitative estimate of drug-likeness (QED) is 0.546. The van der Waals surface area contributed by atoms with Crippen LogP contribution in [0.2, 0.25) is 0 Å². The van der Waals surface area contributed by atoms with Crippen LogP contribution >= 0.6 is 0 Å². The lowest BCUT2D eigenvalue weighted by atomic mass is 10.1. The number of carbonyl (C=O) groups is 1. The van der Waals surface area contributed by atoms with Crippen LogP contribution < -0.4 is 10.0 Å². The number of anilines is 1. The first-order valence-corrected chi connectivity index (χ1v) is 7.53. The molecule has 112 valence electrons. The van der Waals surface area contributed by atoms with Crippen molar-refractivity contribution in [2.24, 2.45) is 5.92 Å². The average Bonchev–Trinajstić information content (AvgIpc) is 2.38. The van der Waals surface area contributed by atoms with E-state index in [0.29, 0.717) is 5.69 Å². The van der Waals surface area contributed by atoms with Gasteiger partial charge in [0.25, 0.3) is 0 Å². The van der Waals surface area contributed by atoms with Crippen LogP contribution in [0.25, 0.3) is 0 Å². The van der Waals surface area contributed by atoms with Crippen LogP contribution in [0.4, 0.5) is 5.69 Å². The van der Waals surface area contributed by atoms with Crippen molar-refractivity contribution in [3.8, 4) is 0 Å². The monoisotopic (exact) mass is 302 g/mol. The number of aliphatic hydroxyl groups is 2. The third kappa shape index (κ3) is 4.27. The lowest BCUT2D eigenvalue weighted by molar-refractivity contribution is -0.134. The predicted molar refractivity (Wildman–Crippen MR) is 73.3 cm³/mol. The Hall–Kier alpha value is -1.48. The summed E-state index contributed by atoms with van der Waals surface area (Å²) in [6.45, 7) is 3.32. The molecule has 0 aliphatic heterocycles. The number of carbonyl (C=O) groups excluding carboxylic acids is 1. The van der Waals surface area contributed by atoms with Crippen LogP contribution in [0.15, 0.2) is 29.2 Å². The number of nitrogens with one attached hydrogen (secondary N) is 2. The Balaban J connectivity index is 2.80. The van der Waals surface area contributed by atoms with Gasteiger partial charge in [-0.05, 0) is 31.2 Å². The molecule has 7 nitrogen and oxygen atoms in total. The van der Waals surface area contributed by atoms with E-state index in [1.807, 2.05) is 0 Å². The first-order chi connectivity index (χ1) is 9.27. The number of aliphatic hydroxyl groups excluding tert-OH is 1. The zero-order valence-electron chi connectivity index (χ0n) is 11.2. The molecule has 20 heavy (non-hydrogen) atoms. The first kappa shape index (κ1) is 16.6. The van der Waals surface area contributed by atoms with Crippen LogP contribution in [0.1, 0.15) is 13.8 Å². The van der Waals surface area contributed by atoms with Crippen LogP contribution in [-0.2, 0) is 14.8 Å². The number of benzene rings is 1. The van der Waals surface area contributed by atoms with Crippen molar-refractivity contribution in [1.82, 2.24) is 4.72 Å². The number of hydrogen-bond acceptors (Lipinski definition) is 5. The minimum absolute atomic E-state index is 0.0904. The Morgan fingerprint density at radius 2 is 1.80 bits per heavy atom. The summed E-state index contributed by atoms with van der Waals surface area (Å²) in [6, 6.07) is 5.57. The Kier molecular flexibility index (Phi) is 5.63. The molecule has 4 N–H and O–H groups in total. The van der Waals surface area contributed by atoms with Crippen molar-refractivity contribution < 1.29 is 23.4 Å². The zero-order valence-corrected chi connectivity index (χ0v) is 12.0. The topological polar surface area (TPSA) is 116 Å². The molecule has 0 aliphatic rings. The summed E-state index contributed by atoms with van der Waals surface area (Å²) < 4.78 is 25.7. The molecule has 0 radical (unpaired) electrons. The summed E-state index contributed by atoms with van der Waals surface area (Å²) in [6.07, 6.45) is -1.75. The molecule has 8 heteroatoms. The Bertz CT molecular complexity index is 554. The number of sulfonamides is 1. The predicted octanol–water partition coefficient (Wildman–Crippen LogP) is -0.130. The van der Waals surface area contributed by atoms with Crippen molar-refractivity contribution >= 4 is 21.6 Å². The summed E-state index contributed by atoms with van der Waals surface area (Å²) in [5, 5.41) is 20.2. The fourth-order valence-corrected chi connectivity index (χ4v) is 2.42. The minimum atomic E-state index is -3.53. The Morgan fingerprint density at radius 1 is 1.25 bits per heavy atom. The SMILES string of the molecule is CCNS(=O)(=O)c1ccc(NC(=O)C(C)C(O)O)cc1. The molecule has 1 amide bonds. The van der Waals surface area contributed by atoms with E-state index in [0.717, 1.165) is 0 Å². The number of rotatable bonds is 6. The molecule has 1 atom stereocenters. The van der Waals surface area contributed by atoms with Gasteiger partial charge in [0.05, 0.1) is 10.8 Å². The van der Waals surface area contributed by atoms with E-state index < -0.39 is 28.1 Å². The van der Waals surface area contributed by atoms with Crippen LogP contribution in [0.3, 0.4) is 0 Å². The van der Waals surface area contributed by atoms with Crippen LogP contribution in [0, 0.1) is 5.92 Å². The molecule has 0 aromatic heterocycles. The molecule has 0 saturated carbocycles. The molecule has 0 heterocycles. The van der Waals surface area contributed by atoms with E-state index in [1.165, 1.54) is 31.2 Å². The maximum Gasteiger partial charge on any atom is 0.240 e. The maximum atomic E-state index is 11.7. The molecule has 1 aromatic rings. The average molecular weight is 302 g/mol. The molecule has 1 unspecified atom stereocenters. The van der Waals surface area contributed by atoms with E-state index in [9.17, 15) is 13.2 Å². The highest BCUT2D eigenvalue weighted by molar-refractivity contribution is 7.89. The lowest BCUT2D eigenvalue weighted by Crippen LogP contribution is -2.30. The maximum absolute atomic E-state index is 11.7. The highest BCUT2D eigenvalue weighted by Gasteiger charge is 2.20. The second kappa shape index (κ2) is 6.80. The van der Waals surface area contributed by atoms with Gasteiger partial charge in [-0.25, -0.2) is 13.1 Å². The van der Waals surface area contributed by atoms with Crippen LogP contribution in [0.5, 0.6) is 0 Å². The van der Waals surface area contributed by atoms with Gasteiger partial charge in [0.2, 0.25) is 15.9 Å². The van der Waals surface area contributed by atoms with Crippen molar-refractivity contribution in [3.05, 3.63) is 24.3 Å². The number of hydrogen-bond donors (Lipinski definition) is 4. The van der Waals surface area contributed by atoms with Gasteiger partial charge >= 0.3 is 0 Å². The van der Waals surface area contributed by atoms with E-state index in [2.05, 4.69) is 10.0 Å². The van der Waals surface area contributed by atoms with E-state index in [4.69, 9.17) is 10.2 Å². The van der Waals surface area contributed by atoms with Gasteiger partial charge in [-0.1, -0.05) is 6.92 Å². The second-order valence-corrected chi connectivity index (χ2v) is 5.98. The van der Waals surface area contributed by atoms with E-state index >= 15 is 0 Å². The third-order valence-corrected chi connectivity index (χ3v) is 4.19. The van der Waals surface area contributed by atoms with Gasteiger partial charge in [-0.15, -0.1) is 0 Å². The highest BCUT2D eigenvalue weighted by atomic mass is 32.2. The second-order valence-electron chi connectivity index (χ2n) is 4.22. The number of amides is 1. The summed E-state index contributed by atoms with van der Waals surface area (Å²) in [5.41, 5.74) is 0.373.